The number of aryl methyl sites for hydroxylation is 3. The molecule has 0 saturated heterocycles. The van der Waals surface area contributed by atoms with Crippen LogP contribution < -0.4 is 0 Å². The summed E-state index contributed by atoms with van der Waals surface area (Å²) >= 11 is 0. The van der Waals surface area contributed by atoms with Crippen LogP contribution in [0.1, 0.15) is 53.6 Å². The van der Waals surface area contributed by atoms with Crippen molar-refractivity contribution in [2.45, 2.75) is 52.2 Å². The summed E-state index contributed by atoms with van der Waals surface area (Å²) in [4.78, 5) is 15.9. The van der Waals surface area contributed by atoms with E-state index in [9.17, 15) is 4.79 Å². The summed E-state index contributed by atoms with van der Waals surface area (Å²) in [6.45, 7) is 2.83. The molecule has 1 aromatic carbocycles. The molecule has 0 spiro atoms. The van der Waals surface area contributed by atoms with Crippen molar-refractivity contribution in [1.82, 2.24) is 25.2 Å². The Labute approximate surface area is 145 Å². The molecular formula is C18H21N5O2. The first-order valence-electron chi connectivity index (χ1n) is 8.82. The average molecular weight is 339 g/mol. The highest BCUT2D eigenvalue weighted by atomic mass is 16.5. The predicted molar refractivity (Wildman–Crippen MR) is 92.2 cm³/mol. The second kappa shape index (κ2) is 6.66. The van der Waals surface area contributed by atoms with Gasteiger partial charge in [0.15, 0.2) is 12.4 Å². The number of H-pyrrole nitrogens is 1. The summed E-state index contributed by atoms with van der Waals surface area (Å²) < 4.78 is 7.08. The number of carbonyl (C=O) groups is 1. The highest BCUT2D eigenvalue weighted by Crippen LogP contribution is 2.29. The van der Waals surface area contributed by atoms with Gasteiger partial charge in [0.05, 0.1) is 5.56 Å². The molecule has 25 heavy (non-hydrogen) atoms. The molecule has 7 nitrogen and oxygen atoms in total. The minimum Gasteiger partial charge on any atom is -0.454 e. The summed E-state index contributed by atoms with van der Waals surface area (Å²) in [5.74, 6) is 0.217. The van der Waals surface area contributed by atoms with Crippen LogP contribution in [0.5, 0.6) is 0 Å². The molecule has 7 heteroatoms. The Balaban J connectivity index is 1.52. The first-order chi connectivity index (χ1) is 12.3. The number of nitrogens with zero attached hydrogens (tertiary/aromatic N) is 4. The van der Waals surface area contributed by atoms with Crippen LogP contribution in [0.2, 0.25) is 0 Å². The van der Waals surface area contributed by atoms with E-state index >= 15 is 0 Å². The molecule has 3 aromatic rings. The number of fused-ring (bicyclic) bond motifs is 3. The topological polar surface area (TPSA) is 85.7 Å². The molecule has 0 aliphatic heterocycles. The van der Waals surface area contributed by atoms with Crippen molar-refractivity contribution in [1.29, 1.82) is 0 Å². The Morgan fingerprint density at radius 1 is 1.32 bits per heavy atom. The maximum atomic E-state index is 12.4. The quantitative estimate of drug-likeness (QED) is 0.722. The highest BCUT2D eigenvalue weighted by Gasteiger charge is 2.18. The summed E-state index contributed by atoms with van der Waals surface area (Å²) in [7, 11) is 0. The van der Waals surface area contributed by atoms with Gasteiger partial charge in [0.25, 0.3) is 0 Å². The fourth-order valence-corrected chi connectivity index (χ4v) is 3.46. The molecule has 4 rings (SSSR count). The van der Waals surface area contributed by atoms with E-state index in [1.807, 2.05) is 25.1 Å². The van der Waals surface area contributed by atoms with E-state index in [1.165, 1.54) is 24.1 Å². The number of carbonyl (C=O) groups excluding carboxylic acids is 1. The molecular weight excluding hydrogens is 318 g/mol. The van der Waals surface area contributed by atoms with Crippen LogP contribution in [0.4, 0.5) is 0 Å². The summed E-state index contributed by atoms with van der Waals surface area (Å²) in [6, 6.07) is 5.71. The Kier molecular flexibility index (Phi) is 4.21. The molecule has 2 aromatic heterocycles. The van der Waals surface area contributed by atoms with Gasteiger partial charge in [-0.2, -0.15) is 0 Å². The largest absolute Gasteiger partial charge is 0.454 e. The van der Waals surface area contributed by atoms with Crippen LogP contribution in [0.3, 0.4) is 0 Å². The second-order valence-electron chi connectivity index (χ2n) is 6.44. The third-order valence-corrected chi connectivity index (χ3v) is 4.71. The summed E-state index contributed by atoms with van der Waals surface area (Å²) in [5, 5.41) is 12.6. The van der Waals surface area contributed by atoms with E-state index in [0.717, 1.165) is 30.2 Å². The van der Waals surface area contributed by atoms with Gasteiger partial charge >= 0.3 is 5.97 Å². The van der Waals surface area contributed by atoms with Gasteiger partial charge in [-0.05, 0) is 66.3 Å². The smallest absolute Gasteiger partial charge is 0.338 e. The van der Waals surface area contributed by atoms with Crippen molar-refractivity contribution in [3.05, 3.63) is 40.8 Å². The lowest BCUT2D eigenvalue weighted by atomic mass is 9.95. The van der Waals surface area contributed by atoms with Crippen LogP contribution in [-0.2, 0) is 30.7 Å². The van der Waals surface area contributed by atoms with Gasteiger partial charge in [0.2, 0.25) is 0 Å². The van der Waals surface area contributed by atoms with Gasteiger partial charge in [-0.3, -0.25) is 0 Å². The molecule has 0 atom stereocenters. The Morgan fingerprint density at radius 2 is 2.20 bits per heavy atom. The molecule has 2 heterocycles. The molecule has 1 aliphatic rings. The summed E-state index contributed by atoms with van der Waals surface area (Å²) in [6.07, 6.45) is 5.50. The van der Waals surface area contributed by atoms with Gasteiger partial charge in [-0.1, -0.05) is 6.92 Å². The Bertz CT molecular complexity index is 911. The van der Waals surface area contributed by atoms with Crippen molar-refractivity contribution >= 4 is 16.9 Å². The number of aromatic nitrogens is 5. The highest BCUT2D eigenvalue weighted by molar-refractivity contribution is 5.96. The SMILES string of the molecule is CCCn1nnnc1COC(=O)c1ccc2[nH]c3c(c2c1)CCCC3. The number of esters is 1. The van der Waals surface area contributed by atoms with E-state index in [0.29, 0.717) is 17.9 Å². The monoisotopic (exact) mass is 339 g/mol. The standard InChI is InChI=1S/C18H21N5O2/c1-2-9-23-17(20-21-22-23)11-25-18(24)12-7-8-16-14(10-12)13-5-3-4-6-15(13)19-16/h7-8,10,19H,2-6,9,11H2,1H3. The van der Waals surface area contributed by atoms with E-state index < -0.39 is 0 Å². The minimum atomic E-state index is -0.348. The zero-order valence-corrected chi connectivity index (χ0v) is 14.3. The summed E-state index contributed by atoms with van der Waals surface area (Å²) in [5.41, 5.74) is 4.32. The van der Waals surface area contributed by atoms with Crippen molar-refractivity contribution in [2.24, 2.45) is 0 Å². The fraction of sp³-hybridized carbons (Fsp3) is 0.444. The number of tetrazole rings is 1. The normalized spacial score (nSPS) is 13.8. The molecule has 0 fully saturated rings. The third-order valence-electron chi connectivity index (χ3n) is 4.71. The zero-order chi connectivity index (χ0) is 17.2. The van der Waals surface area contributed by atoms with Crippen LogP contribution in [0.15, 0.2) is 18.2 Å². The zero-order valence-electron chi connectivity index (χ0n) is 14.3. The van der Waals surface area contributed by atoms with Gasteiger partial charge in [-0.25, -0.2) is 9.48 Å². The molecule has 1 aliphatic carbocycles. The second-order valence-corrected chi connectivity index (χ2v) is 6.44. The van der Waals surface area contributed by atoms with Crippen molar-refractivity contribution in [3.8, 4) is 0 Å². The molecule has 0 bridgehead atoms. The van der Waals surface area contributed by atoms with Crippen molar-refractivity contribution in [2.75, 3.05) is 0 Å². The number of aromatic amines is 1. The molecule has 0 radical (unpaired) electrons. The van der Waals surface area contributed by atoms with Crippen molar-refractivity contribution < 1.29 is 9.53 Å². The van der Waals surface area contributed by atoms with Gasteiger partial charge in [0.1, 0.15) is 0 Å². The predicted octanol–water partition coefficient (Wildman–Crippen LogP) is 2.80. The Hall–Kier alpha value is -2.70. The molecule has 0 amide bonds. The lowest BCUT2D eigenvalue weighted by molar-refractivity contribution is 0.0456. The number of rotatable bonds is 5. The Morgan fingerprint density at radius 3 is 3.08 bits per heavy atom. The number of hydrogen-bond acceptors (Lipinski definition) is 5. The van der Waals surface area contributed by atoms with E-state index in [-0.39, 0.29) is 12.6 Å². The van der Waals surface area contributed by atoms with E-state index in [4.69, 9.17) is 4.74 Å². The number of hydrogen-bond donors (Lipinski definition) is 1. The third kappa shape index (κ3) is 3.01. The van der Waals surface area contributed by atoms with Crippen LogP contribution in [0.25, 0.3) is 10.9 Å². The average Bonchev–Trinajstić information content (AvgIpc) is 3.23. The first kappa shape index (κ1) is 15.8. The maximum Gasteiger partial charge on any atom is 0.338 e. The first-order valence-corrected chi connectivity index (χ1v) is 8.82. The maximum absolute atomic E-state index is 12.4. The van der Waals surface area contributed by atoms with Crippen LogP contribution in [-0.4, -0.2) is 31.2 Å². The van der Waals surface area contributed by atoms with E-state index in [2.05, 4.69) is 20.5 Å². The lowest BCUT2D eigenvalue weighted by Crippen LogP contribution is -2.11. The number of ether oxygens (including phenoxy) is 1. The van der Waals surface area contributed by atoms with Crippen molar-refractivity contribution in [3.63, 3.8) is 0 Å². The molecule has 0 unspecified atom stereocenters. The number of nitrogens with one attached hydrogen (secondary N) is 1. The van der Waals surface area contributed by atoms with Gasteiger partial charge < -0.3 is 9.72 Å². The minimum absolute atomic E-state index is 0.0785. The lowest BCUT2D eigenvalue weighted by Gasteiger charge is -2.10. The molecule has 1 N–H and O–H groups in total. The van der Waals surface area contributed by atoms with Gasteiger partial charge in [0, 0.05) is 23.1 Å². The van der Waals surface area contributed by atoms with Crippen LogP contribution >= 0.6 is 0 Å². The molecule has 130 valence electrons. The van der Waals surface area contributed by atoms with Gasteiger partial charge in [-0.15, -0.1) is 5.10 Å². The fourth-order valence-electron chi connectivity index (χ4n) is 3.46. The van der Waals surface area contributed by atoms with E-state index in [1.54, 1.807) is 4.68 Å². The molecule has 0 saturated carbocycles. The van der Waals surface area contributed by atoms with Crippen LogP contribution in [0, 0.1) is 0 Å². The number of benzene rings is 1.